The van der Waals surface area contributed by atoms with Crippen molar-refractivity contribution >= 4 is 12.7 Å². The summed E-state index contributed by atoms with van der Waals surface area (Å²) in [6.45, 7) is 14.3. The zero-order valence-corrected chi connectivity index (χ0v) is 12.3. The predicted octanol–water partition coefficient (Wildman–Crippen LogP) is 2.27. The molecule has 1 aliphatic rings. The lowest BCUT2D eigenvalue weighted by atomic mass is 9.85. The van der Waals surface area contributed by atoms with Crippen LogP contribution in [0.3, 0.4) is 0 Å². The van der Waals surface area contributed by atoms with Crippen LogP contribution >= 0.6 is 0 Å². The summed E-state index contributed by atoms with van der Waals surface area (Å²) in [5, 5.41) is 0. The number of oxazole rings is 1. The van der Waals surface area contributed by atoms with Gasteiger partial charge in [-0.15, -0.1) is 0 Å². The first-order valence-corrected chi connectivity index (χ1v) is 6.34. The number of nitrogens with zero attached hydrogens (tertiary/aromatic N) is 1. The molecule has 1 aromatic heterocycles. The van der Waals surface area contributed by atoms with Gasteiger partial charge >= 0.3 is 7.12 Å². The third-order valence-corrected chi connectivity index (χ3v) is 3.66. The molecule has 0 unspecified atom stereocenters. The second-order valence-electron chi connectivity index (χ2n) is 6.92. The van der Waals surface area contributed by atoms with Gasteiger partial charge in [-0.25, -0.2) is 4.98 Å². The van der Waals surface area contributed by atoms with E-state index in [0.717, 1.165) is 0 Å². The highest BCUT2D eigenvalue weighted by atomic mass is 16.7. The van der Waals surface area contributed by atoms with E-state index in [1.807, 2.05) is 27.7 Å². The maximum Gasteiger partial charge on any atom is 0.517 e. The Balaban J connectivity index is 2.23. The summed E-state index contributed by atoms with van der Waals surface area (Å²) >= 11 is 0. The molecule has 18 heavy (non-hydrogen) atoms. The van der Waals surface area contributed by atoms with E-state index in [2.05, 4.69) is 25.8 Å². The molecule has 0 amide bonds. The van der Waals surface area contributed by atoms with Gasteiger partial charge in [0.1, 0.15) is 11.9 Å². The first kappa shape index (κ1) is 13.6. The van der Waals surface area contributed by atoms with Crippen LogP contribution in [0.2, 0.25) is 0 Å². The molecule has 0 saturated carbocycles. The van der Waals surface area contributed by atoms with E-state index in [1.54, 1.807) is 6.26 Å². The SMILES string of the molecule is CC(C)(C)c1nc(B2OC(C)(C)C(C)(C)O2)co1. The first-order chi connectivity index (χ1) is 8.03. The van der Waals surface area contributed by atoms with Crippen LogP contribution in [-0.4, -0.2) is 23.3 Å². The Hall–Kier alpha value is -0.805. The molecule has 1 saturated heterocycles. The average molecular weight is 251 g/mol. The second kappa shape index (κ2) is 3.84. The summed E-state index contributed by atoms with van der Waals surface area (Å²) in [4.78, 5) is 4.48. The minimum atomic E-state index is -0.449. The molecule has 0 aliphatic carbocycles. The van der Waals surface area contributed by atoms with Crippen LogP contribution in [0.1, 0.15) is 54.4 Å². The lowest BCUT2D eigenvalue weighted by Crippen LogP contribution is -2.41. The van der Waals surface area contributed by atoms with Crippen LogP contribution in [0, 0.1) is 0 Å². The lowest BCUT2D eigenvalue weighted by Gasteiger charge is -2.32. The van der Waals surface area contributed by atoms with Crippen molar-refractivity contribution in [2.24, 2.45) is 0 Å². The fourth-order valence-corrected chi connectivity index (χ4v) is 1.70. The fraction of sp³-hybridized carbons (Fsp3) is 0.769. The monoisotopic (exact) mass is 251 g/mol. The molecule has 2 rings (SSSR count). The highest BCUT2D eigenvalue weighted by Crippen LogP contribution is 2.36. The smallest absolute Gasteiger partial charge is 0.449 e. The molecule has 0 spiro atoms. The molecule has 0 bridgehead atoms. The number of hydrogen-bond donors (Lipinski definition) is 0. The van der Waals surface area contributed by atoms with Crippen LogP contribution in [-0.2, 0) is 14.7 Å². The van der Waals surface area contributed by atoms with Gasteiger partial charge in [0.15, 0.2) is 5.89 Å². The zero-order chi connectivity index (χ0) is 13.8. The summed E-state index contributed by atoms with van der Waals surface area (Å²) in [6.07, 6.45) is 1.63. The van der Waals surface area contributed by atoms with Gasteiger partial charge in [0, 0.05) is 5.41 Å². The van der Waals surface area contributed by atoms with Gasteiger partial charge in [0.05, 0.1) is 11.2 Å². The number of rotatable bonds is 1. The molecule has 0 radical (unpaired) electrons. The van der Waals surface area contributed by atoms with E-state index in [9.17, 15) is 0 Å². The van der Waals surface area contributed by atoms with Crippen LogP contribution in [0.25, 0.3) is 0 Å². The largest absolute Gasteiger partial charge is 0.517 e. The molecule has 1 aliphatic heterocycles. The lowest BCUT2D eigenvalue weighted by molar-refractivity contribution is 0.00578. The summed E-state index contributed by atoms with van der Waals surface area (Å²) in [5.41, 5.74) is -0.0996. The molecular formula is C13H22BNO3. The predicted molar refractivity (Wildman–Crippen MR) is 70.9 cm³/mol. The van der Waals surface area contributed by atoms with E-state index in [4.69, 9.17) is 13.7 Å². The van der Waals surface area contributed by atoms with Crippen molar-refractivity contribution in [2.75, 3.05) is 0 Å². The molecule has 0 N–H and O–H groups in total. The zero-order valence-electron chi connectivity index (χ0n) is 12.3. The summed E-state index contributed by atoms with van der Waals surface area (Å²) in [7, 11) is -0.449. The van der Waals surface area contributed by atoms with Crippen molar-refractivity contribution in [2.45, 2.75) is 65.1 Å². The van der Waals surface area contributed by atoms with Gasteiger partial charge in [-0.2, -0.15) is 0 Å². The topological polar surface area (TPSA) is 44.5 Å². The van der Waals surface area contributed by atoms with Crippen molar-refractivity contribution < 1.29 is 13.7 Å². The third-order valence-electron chi connectivity index (χ3n) is 3.66. The Kier molecular flexibility index (Phi) is 2.91. The Morgan fingerprint density at radius 2 is 1.56 bits per heavy atom. The minimum Gasteiger partial charge on any atom is -0.449 e. The Morgan fingerprint density at radius 1 is 1.06 bits per heavy atom. The van der Waals surface area contributed by atoms with Gasteiger partial charge in [-0.1, -0.05) is 20.8 Å². The highest BCUT2D eigenvalue weighted by Gasteiger charge is 2.53. The van der Waals surface area contributed by atoms with Gasteiger partial charge in [0.25, 0.3) is 0 Å². The molecule has 4 nitrogen and oxygen atoms in total. The average Bonchev–Trinajstić information content (AvgIpc) is 2.69. The van der Waals surface area contributed by atoms with Crippen molar-refractivity contribution in [3.8, 4) is 0 Å². The van der Waals surface area contributed by atoms with Crippen molar-refractivity contribution in [1.82, 2.24) is 4.98 Å². The molecular weight excluding hydrogens is 229 g/mol. The van der Waals surface area contributed by atoms with Crippen LogP contribution < -0.4 is 5.59 Å². The minimum absolute atomic E-state index is 0.109. The summed E-state index contributed by atoms with van der Waals surface area (Å²) < 4.78 is 17.4. The summed E-state index contributed by atoms with van der Waals surface area (Å²) in [6, 6.07) is 0. The second-order valence-corrected chi connectivity index (χ2v) is 6.92. The Morgan fingerprint density at radius 3 is 1.94 bits per heavy atom. The van der Waals surface area contributed by atoms with E-state index >= 15 is 0 Å². The number of hydrogen-bond acceptors (Lipinski definition) is 4. The standard InChI is InChI=1S/C13H22BNO3/c1-11(2,3)10-15-9(8-16-10)14-17-12(4,5)13(6,7)18-14/h8H,1-7H3. The molecule has 0 aromatic carbocycles. The number of aromatic nitrogens is 1. The summed E-state index contributed by atoms with van der Waals surface area (Å²) in [5.74, 6) is 0.701. The van der Waals surface area contributed by atoms with E-state index in [1.165, 1.54) is 0 Å². The van der Waals surface area contributed by atoms with Crippen molar-refractivity contribution in [3.05, 3.63) is 12.2 Å². The van der Waals surface area contributed by atoms with Crippen LogP contribution in [0.15, 0.2) is 10.7 Å². The molecule has 1 aromatic rings. The van der Waals surface area contributed by atoms with Gasteiger partial charge in [-0.3, -0.25) is 0 Å². The Bertz CT molecular complexity index is 429. The van der Waals surface area contributed by atoms with Crippen LogP contribution in [0.5, 0.6) is 0 Å². The molecule has 0 atom stereocenters. The van der Waals surface area contributed by atoms with Crippen molar-refractivity contribution in [1.29, 1.82) is 0 Å². The highest BCUT2D eigenvalue weighted by molar-refractivity contribution is 6.61. The fourth-order valence-electron chi connectivity index (χ4n) is 1.70. The maximum atomic E-state index is 5.93. The third kappa shape index (κ3) is 2.21. The molecule has 100 valence electrons. The van der Waals surface area contributed by atoms with Crippen molar-refractivity contribution in [3.63, 3.8) is 0 Å². The molecule has 1 fully saturated rings. The van der Waals surface area contributed by atoms with Gasteiger partial charge < -0.3 is 13.7 Å². The van der Waals surface area contributed by atoms with E-state index in [-0.39, 0.29) is 16.6 Å². The Labute approximate surface area is 109 Å². The molecule has 5 heteroatoms. The molecule has 2 heterocycles. The first-order valence-electron chi connectivity index (χ1n) is 6.34. The normalized spacial score (nSPS) is 22.5. The van der Waals surface area contributed by atoms with E-state index in [0.29, 0.717) is 11.5 Å². The maximum absolute atomic E-state index is 5.93. The van der Waals surface area contributed by atoms with E-state index < -0.39 is 7.12 Å². The quantitative estimate of drug-likeness (QED) is 0.718. The van der Waals surface area contributed by atoms with Crippen LogP contribution in [0.4, 0.5) is 0 Å². The van der Waals surface area contributed by atoms with Gasteiger partial charge in [-0.05, 0) is 27.7 Å². The van der Waals surface area contributed by atoms with Gasteiger partial charge in [0.2, 0.25) is 0 Å².